The van der Waals surface area contributed by atoms with Crippen LogP contribution in [0.1, 0.15) is 42.3 Å². The zero-order chi connectivity index (χ0) is 20.9. The maximum Gasteiger partial charge on any atom is 0.309 e. The summed E-state index contributed by atoms with van der Waals surface area (Å²) in [5, 5.41) is 0. The summed E-state index contributed by atoms with van der Waals surface area (Å²) in [5.74, 6) is 0.203. The normalized spacial score (nSPS) is 11.4. The fourth-order valence-corrected chi connectivity index (χ4v) is 3.15. The second-order valence-electron chi connectivity index (χ2n) is 6.81. The number of hydrogen-bond acceptors (Lipinski definition) is 5. The molecule has 0 N–H and O–H groups in total. The molecule has 0 saturated heterocycles. The molecule has 1 amide bonds. The van der Waals surface area contributed by atoms with Crippen LogP contribution in [0.5, 0.6) is 11.5 Å². The SMILES string of the molecule is CCS(=O)(=O)Oc1cc(CN(C(=O)c2ccc(C)cc2)C(C)C)ccc1OC. The molecule has 0 heterocycles. The highest BCUT2D eigenvalue weighted by atomic mass is 32.2. The van der Waals surface area contributed by atoms with Gasteiger partial charge in [-0.25, -0.2) is 0 Å². The minimum atomic E-state index is -3.69. The monoisotopic (exact) mass is 405 g/mol. The minimum Gasteiger partial charge on any atom is -0.493 e. The molecule has 152 valence electrons. The first-order valence-corrected chi connectivity index (χ1v) is 10.7. The van der Waals surface area contributed by atoms with E-state index in [4.69, 9.17) is 8.92 Å². The van der Waals surface area contributed by atoms with Crippen molar-refractivity contribution in [2.24, 2.45) is 0 Å². The molecule has 0 fully saturated rings. The van der Waals surface area contributed by atoms with E-state index in [1.807, 2.05) is 45.0 Å². The molecule has 28 heavy (non-hydrogen) atoms. The van der Waals surface area contributed by atoms with Crippen molar-refractivity contribution in [1.29, 1.82) is 0 Å². The molecule has 2 aromatic carbocycles. The Hall–Kier alpha value is -2.54. The maximum absolute atomic E-state index is 13.0. The first-order chi connectivity index (χ1) is 13.2. The standard InChI is InChI=1S/C21H27NO5S/c1-6-28(24,25)27-20-13-17(9-12-19(20)26-5)14-22(15(2)3)21(23)18-10-7-16(4)8-11-18/h7-13,15H,6,14H2,1-5H3. The van der Waals surface area contributed by atoms with E-state index in [1.54, 1.807) is 23.1 Å². The van der Waals surface area contributed by atoms with Gasteiger partial charge in [0.05, 0.1) is 12.9 Å². The van der Waals surface area contributed by atoms with E-state index in [2.05, 4.69) is 0 Å². The highest BCUT2D eigenvalue weighted by molar-refractivity contribution is 7.87. The summed E-state index contributed by atoms with van der Waals surface area (Å²) in [5.41, 5.74) is 2.44. The number of hydrogen-bond donors (Lipinski definition) is 0. The van der Waals surface area contributed by atoms with Gasteiger partial charge in [-0.15, -0.1) is 0 Å². The van der Waals surface area contributed by atoms with E-state index in [1.165, 1.54) is 14.0 Å². The lowest BCUT2D eigenvalue weighted by atomic mass is 10.1. The Kier molecular flexibility index (Phi) is 7.07. The van der Waals surface area contributed by atoms with Crippen LogP contribution in [0.2, 0.25) is 0 Å². The fraction of sp³-hybridized carbons (Fsp3) is 0.381. The lowest BCUT2D eigenvalue weighted by molar-refractivity contribution is 0.0690. The molecule has 0 aliphatic heterocycles. The summed E-state index contributed by atoms with van der Waals surface area (Å²) < 4.78 is 34.1. The number of benzene rings is 2. The van der Waals surface area contributed by atoms with Gasteiger partial charge in [0.25, 0.3) is 5.91 Å². The molecule has 7 heteroatoms. The van der Waals surface area contributed by atoms with Gasteiger partial charge in [0.1, 0.15) is 0 Å². The summed E-state index contributed by atoms with van der Waals surface area (Å²) in [6.45, 7) is 7.67. The average Bonchev–Trinajstić information content (AvgIpc) is 2.66. The third kappa shape index (κ3) is 5.48. The van der Waals surface area contributed by atoms with Crippen LogP contribution in [0.15, 0.2) is 42.5 Å². The molecule has 2 rings (SSSR count). The predicted molar refractivity (Wildman–Crippen MR) is 109 cm³/mol. The van der Waals surface area contributed by atoms with Crippen molar-refractivity contribution in [3.8, 4) is 11.5 Å². The van der Waals surface area contributed by atoms with Crippen LogP contribution in [0, 0.1) is 6.92 Å². The molecule has 0 atom stereocenters. The Morgan fingerprint density at radius 3 is 2.25 bits per heavy atom. The smallest absolute Gasteiger partial charge is 0.309 e. The van der Waals surface area contributed by atoms with Crippen molar-refractivity contribution < 1.29 is 22.1 Å². The van der Waals surface area contributed by atoms with Crippen LogP contribution in [0.4, 0.5) is 0 Å². The molecule has 6 nitrogen and oxygen atoms in total. The molecule has 0 unspecified atom stereocenters. The van der Waals surface area contributed by atoms with Crippen LogP contribution >= 0.6 is 0 Å². The van der Waals surface area contributed by atoms with Crippen molar-refractivity contribution in [2.75, 3.05) is 12.9 Å². The van der Waals surface area contributed by atoms with E-state index < -0.39 is 10.1 Å². The van der Waals surface area contributed by atoms with Gasteiger partial charge in [-0.3, -0.25) is 4.79 Å². The number of ether oxygens (including phenoxy) is 1. The zero-order valence-electron chi connectivity index (χ0n) is 16.9. The van der Waals surface area contributed by atoms with E-state index in [0.29, 0.717) is 17.9 Å². The summed E-state index contributed by atoms with van der Waals surface area (Å²) in [6.07, 6.45) is 0. The zero-order valence-corrected chi connectivity index (χ0v) is 17.7. The third-order valence-electron chi connectivity index (χ3n) is 4.33. The van der Waals surface area contributed by atoms with Gasteiger partial charge in [-0.05, 0) is 57.5 Å². The van der Waals surface area contributed by atoms with Crippen molar-refractivity contribution in [3.05, 3.63) is 59.2 Å². The third-order valence-corrected chi connectivity index (χ3v) is 5.47. The summed E-state index contributed by atoms with van der Waals surface area (Å²) in [7, 11) is -2.24. The summed E-state index contributed by atoms with van der Waals surface area (Å²) in [6, 6.07) is 12.4. The van der Waals surface area contributed by atoms with Crippen molar-refractivity contribution in [3.63, 3.8) is 0 Å². The molecular weight excluding hydrogens is 378 g/mol. The molecule has 0 radical (unpaired) electrons. The largest absolute Gasteiger partial charge is 0.493 e. The van der Waals surface area contributed by atoms with E-state index >= 15 is 0 Å². The minimum absolute atomic E-state index is 0.0420. The Labute approximate surface area is 167 Å². The Morgan fingerprint density at radius 1 is 1.07 bits per heavy atom. The second-order valence-corrected chi connectivity index (χ2v) is 8.67. The molecule has 0 aliphatic rings. The van der Waals surface area contributed by atoms with Gasteiger partial charge in [0.15, 0.2) is 11.5 Å². The topological polar surface area (TPSA) is 72.9 Å². The first-order valence-electron chi connectivity index (χ1n) is 9.13. The van der Waals surface area contributed by atoms with Crippen LogP contribution in [-0.4, -0.2) is 38.1 Å². The number of methoxy groups -OCH3 is 1. The van der Waals surface area contributed by atoms with Crippen LogP contribution in [0.3, 0.4) is 0 Å². The molecule has 0 spiro atoms. The summed E-state index contributed by atoms with van der Waals surface area (Å²) in [4.78, 5) is 14.7. The molecule has 0 aliphatic carbocycles. The van der Waals surface area contributed by atoms with E-state index in [-0.39, 0.29) is 23.5 Å². The Morgan fingerprint density at radius 2 is 1.71 bits per heavy atom. The highest BCUT2D eigenvalue weighted by Gasteiger charge is 2.21. The quantitative estimate of drug-likeness (QED) is 0.625. The number of carbonyl (C=O) groups is 1. The molecule has 0 aromatic heterocycles. The van der Waals surface area contributed by atoms with Crippen molar-refractivity contribution in [1.82, 2.24) is 4.90 Å². The van der Waals surface area contributed by atoms with Crippen molar-refractivity contribution >= 4 is 16.0 Å². The average molecular weight is 406 g/mol. The van der Waals surface area contributed by atoms with Crippen LogP contribution in [0.25, 0.3) is 0 Å². The number of nitrogens with zero attached hydrogens (tertiary/aromatic N) is 1. The van der Waals surface area contributed by atoms with Gasteiger partial charge in [0, 0.05) is 18.2 Å². The number of amides is 1. The molecule has 2 aromatic rings. The fourth-order valence-electron chi connectivity index (χ4n) is 2.63. The molecule has 0 bridgehead atoms. The molecule has 0 saturated carbocycles. The van der Waals surface area contributed by atoms with Gasteiger partial charge >= 0.3 is 10.1 Å². The lowest BCUT2D eigenvalue weighted by Gasteiger charge is -2.27. The van der Waals surface area contributed by atoms with Crippen LogP contribution in [-0.2, 0) is 16.7 Å². The number of aryl methyl sites for hydroxylation is 1. The Balaban J connectivity index is 2.32. The Bertz CT molecular complexity index is 920. The first kappa shape index (κ1) is 21.8. The second kappa shape index (κ2) is 9.10. The van der Waals surface area contributed by atoms with E-state index in [0.717, 1.165) is 11.1 Å². The maximum atomic E-state index is 13.0. The number of carbonyl (C=O) groups excluding carboxylic acids is 1. The van der Waals surface area contributed by atoms with E-state index in [9.17, 15) is 13.2 Å². The van der Waals surface area contributed by atoms with Crippen LogP contribution < -0.4 is 8.92 Å². The van der Waals surface area contributed by atoms with Gasteiger partial charge in [-0.2, -0.15) is 8.42 Å². The highest BCUT2D eigenvalue weighted by Crippen LogP contribution is 2.30. The van der Waals surface area contributed by atoms with Crippen molar-refractivity contribution in [2.45, 2.75) is 40.3 Å². The van der Waals surface area contributed by atoms with Gasteiger partial charge in [0.2, 0.25) is 0 Å². The number of rotatable bonds is 8. The van der Waals surface area contributed by atoms with Gasteiger partial charge < -0.3 is 13.8 Å². The predicted octanol–water partition coefficient (Wildman–Crippen LogP) is 3.78. The summed E-state index contributed by atoms with van der Waals surface area (Å²) >= 11 is 0. The van der Waals surface area contributed by atoms with Gasteiger partial charge in [-0.1, -0.05) is 23.8 Å². The molecular formula is C21H27NO5S. The lowest BCUT2D eigenvalue weighted by Crippen LogP contribution is -2.36.